The molecule has 0 radical (unpaired) electrons. The molecule has 1 aliphatic heterocycles. The molecule has 0 saturated carbocycles. The lowest BCUT2D eigenvalue weighted by molar-refractivity contribution is 0.0962. The number of hydrogen-bond donors (Lipinski definition) is 2. The van der Waals surface area contributed by atoms with E-state index in [1.165, 1.54) is 25.1 Å². The summed E-state index contributed by atoms with van der Waals surface area (Å²) in [6.07, 6.45) is 0. The van der Waals surface area contributed by atoms with Crippen LogP contribution >= 0.6 is 23.2 Å². The number of aryl methyl sites for hydroxylation is 1. The minimum Gasteiger partial charge on any atom is -0.454 e. The molecule has 2 N–H and O–H groups in total. The molecule has 0 aromatic heterocycles. The van der Waals surface area contributed by atoms with Gasteiger partial charge in [-0.3, -0.25) is 10.1 Å². The van der Waals surface area contributed by atoms with Crippen molar-refractivity contribution in [1.82, 2.24) is 10.6 Å². The van der Waals surface area contributed by atoms with Crippen molar-refractivity contribution in [1.29, 1.82) is 5.26 Å². The molecular weight excluding hydrogens is 469 g/mol. The fraction of sp³-hybridized carbons (Fsp3) is 0.0909. The number of amides is 3. The lowest BCUT2D eigenvalue weighted by Crippen LogP contribution is -2.43. The highest BCUT2D eigenvalue weighted by Crippen LogP contribution is 2.40. The molecule has 2 aromatic carbocycles. The largest absolute Gasteiger partial charge is 0.454 e. The first-order chi connectivity index (χ1) is 15.7. The van der Waals surface area contributed by atoms with Crippen LogP contribution in [0.15, 0.2) is 47.7 Å². The molecule has 11 heteroatoms. The van der Waals surface area contributed by atoms with Gasteiger partial charge in [-0.25, -0.2) is 9.59 Å². The number of halogens is 2. The van der Waals surface area contributed by atoms with E-state index in [9.17, 15) is 14.4 Å². The lowest BCUT2D eigenvalue weighted by atomic mass is 10.00. The first kappa shape index (κ1) is 23.6. The molecule has 33 heavy (non-hydrogen) atoms. The third-order valence-corrected chi connectivity index (χ3v) is 5.11. The zero-order valence-corrected chi connectivity index (χ0v) is 18.8. The Morgan fingerprint density at radius 3 is 2.55 bits per heavy atom. The maximum absolute atomic E-state index is 12.3. The third kappa shape index (κ3) is 4.59. The topological polar surface area (TPSA) is 124 Å². The van der Waals surface area contributed by atoms with Gasteiger partial charge >= 0.3 is 6.03 Å². The van der Waals surface area contributed by atoms with E-state index in [0.717, 1.165) is 10.6 Å². The molecule has 9 nitrogen and oxygen atoms in total. The predicted molar refractivity (Wildman–Crippen MR) is 124 cm³/mol. The fourth-order valence-electron chi connectivity index (χ4n) is 3.01. The minimum atomic E-state index is -0.812. The van der Waals surface area contributed by atoms with Crippen molar-refractivity contribution >= 4 is 58.2 Å². The van der Waals surface area contributed by atoms with Crippen molar-refractivity contribution in [2.45, 2.75) is 6.92 Å². The van der Waals surface area contributed by atoms with Gasteiger partial charge in [0.25, 0.3) is 5.91 Å². The molecule has 0 aliphatic carbocycles. The van der Waals surface area contributed by atoms with Gasteiger partial charge in [0.2, 0.25) is 0 Å². The molecule has 1 aliphatic rings. The number of nitrogens with one attached hydrogen (secondary N) is 2. The second kappa shape index (κ2) is 9.59. The first-order valence-electron chi connectivity index (χ1n) is 9.25. The molecule has 0 fully saturated rings. The smallest absolute Gasteiger partial charge is 0.347 e. The molecule has 1 heterocycles. The summed E-state index contributed by atoms with van der Waals surface area (Å²) >= 11 is 12.7. The Balaban J connectivity index is 1.98. The number of hydrazone groups is 1. The number of nitrogens with zero attached hydrogens (tertiary/aromatic N) is 3. The fourth-order valence-corrected chi connectivity index (χ4v) is 3.57. The van der Waals surface area contributed by atoms with E-state index in [0.29, 0.717) is 11.1 Å². The predicted octanol–water partition coefficient (Wildman–Crippen LogP) is 3.84. The van der Waals surface area contributed by atoms with E-state index in [2.05, 4.69) is 22.3 Å². The highest BCUT2D eigenvalue weighted by Gasteiger charge is 2.28. The van der Waals surface area contributed by atoms with E-state index in [-0.39, 0.29) is 44.6 Å². The van der Waals surface area contributed by atoms with Crippen molar-refractivity contribution in [2.75, 3.05) is 12.1 Å². The summed E-state index contributed by atoms with van der Waals surface area (Å²) in [6, 6.07) is 8.75. The highest BCUT2D eigenvalue weighted by molar-refractivity contribution is 6.38. The zero-order chi connectivity index (χ0) is 24.3. The summed E-state index contributed by atoms with van der Waals surface area (Å²) in [5.41, 5.74) is 0.938. The average Bonchev–Trinajstić information content (AvgIpc) is 2.80. The van der Waals surface area contributed by atoms with Gasteiger partial charge in [0.05, 0.1) is 21.3 Å². The zero-order valence-electron chi connectivity index (χ0n) is 17.3. The van der Waals surface area contributed by atoms with Crippen LogP contribution in [-0.4, -0.2) is 30.6 Å². The van der Waals surface area contributed by atoms with Gasteiger partial charge in [0, 0.05) is 12.6 Å². The van der Waals surface area contributed by atoms with Gasteiger partial charge in [-0.15, -0.1) is 5.10 Å². The quantitative estimate of drug-likeness (QED) is 0.493. The molecule has 0 bridgehead atoms. The maximum Gasteiger partial charge on any atom is 0.347 e. The van der Waals surface area contributed by atoms with Crippen LogP contribution < -0.4 is 20.4 Å². The SMILES string of the molecule is C=C(Oc1c(Cl)cc(N2N=C(C#N)C(=C=O)NC2=O)cc1Cl)c1cccc(C)c1C(=O)NC. The number of urea groups is 1. The second-order valence-corrected chi connectivity index (χ2v) is 7.43. The van der Waals surface area contributed by atoms with Crippen molar-refractivity contribution in [3.63, 3.8) is 0 Å². The van der Waals surface area contributed by atoms with Crippen LogP contribution in [-0.2, 0) is 4.79 Å². The molecule has 0 spiro atoms. The van der Waals surface area contributed by atoms with Crippen molar-refractivity contribution in [2.24, 2.45) is 5.10 Å². The minimum absolute atomic E-state index is 0.00558. The molecule has 0 unspecified atom stereocenters. The van der Waals surface area contributed by atoms with Gasteiger partial charge in [0.15, 0.2) is 23.1 Å². The molecule has 2 aromatic rings. The first-order valence-corrected chi connectivity index (χ1v) is 10.0. The number of rotatable bonds is 5. The van der Waals surface area contributed by atoms with Gasteiger partial charge in [-0.2, -0.15) is 10.3 Å². The van der Waals surface area contributed by atoms with Gasteiger partial charge < -0.3 is 10.1 Å². The standard InChI is InChI=1S/C22H15Cl2N5O4/c1-11-5-4-6-14(19(11)21(31)26-3)12(2)33-20-15(23)7-13(8-16(20)24)29-22(32)27-18(10-30)17(9-25)28-29/h4-8H,2H2,1,3H3,(H,26,31)(H,27,32). The number of ether oxygens (including phenoxy) is 1. The monoisotopic (exact) mass is 483 g/mol. The summed E-state index contributed by atoms with van der Waals surface area (Å²) in [5, 5.41) is 18.6. The summed E-state index contributed by atoms with van der Waals surface area (Å²) in [4.78, 5) is 35.5. The van der Waals surface area contributed by atoms with Crippen LogP contribution in [0.25, 0.3) is 5.76 Å². The van der Waals surface area contributed by atoms with Gasteiger partial charge in [-0.05, 0) is 24.6 Å². The summed E-state index contributed by atoms with van der Waals surface area (Å²) < 4.78 is 5.80. The van der Waals surface area contributed by atoms with Crippen LogP contribution in [0.5, 0.6) is 5.75 Å². The van der Waals surface area contributed by atoms with Crippen LogP contribution in [0.3, 0.4) is 0 Å². The van der Waals surface area contributed by atoms with Crippen molar-refractivity contribution in [3.05, 3.63) is 69.3 Å². The van der Waals surface area contributed by atoms with Crippen LogP contribution in [0.4, 0.5) is 10.5 Å². The van der Waals surface area contributed by atoms with E-state index in [1.54, 1.807) is 31.2 Å². The number of hydrogen-bond acceptors (Lipinski definition) is 6. The second-order valence-electron chi connectivity index (χ2n) is 6.62. The van der Waals surface area contributed by atoms with Crippen molar-refractivity contribution in [3.8, 4) is 11.8 Å². The summed E-state index contributed by atoms with van der Waals surface area (Å²) in [6.45, 7) is 5.67. The number of carbonyl (C=O) groups is 2. The molecule has 166 valence electrons. The molecule has 3 amide bonds. The number of anilines is 1. The highest BCUT2D eigenvalue weighted by atomic mass is 35.5. The third-order valence-electron chi connectivity index (χ3n) is 4.55. The van der Waals surface area contributed by atoms with Gasteiger partial charge in [0.1, 0.15) is 11.8 Å². The van der Waals surface area contributed by atoms with Crippen LogP contribution in [0.1, 0.15) is 21.5 Å². The molecule has 0 saturated heterocycles. The van der Waals surface area contributed by atoms with Gasteiger partial charge in [-0.1, -0.05) is 48.0 Å². The number of carbonyl (C=O) groups excluding carboxylic acids is 3. The van der Waals surface area contributed by atoms with E-state index in [4.69, 9.17) is 33.2 Å². The Hall–Kier alpha value is -4.09. The summed E-state index contributed by atoms with van der Waals surface area (Å²) in [5.74, 6) is 1.28. The Morgan fingerprint density at radius 1 is 1.30 bits per heavy atom. The number of nitriles is 1. The molecule has 0 atom stereocenters. The molecule has 3 rings (SSSR count). The Kier molecular flexibility index (Phi) is 6.85. The van der Waals surface area contributed by atoms with Crippen LogP contribution in [0, 0.1) is 18.3 Å². The summed E-state index contributed by atoms with van der Waals surface area (Å²) in [7, 11) is 1.51. The number of allylic oxidation sites excluding steroid dienone is 1. The Labute approximate surface area is 198 Å². The normalized spacial score (nSPS) is 12.8. The average molecular weight is 484 g/mol. The van der Waals surface area contributed by atoms with Crippen LogP contribution in [0.2, 0.25) is 10.0 Å². The Morgan fingerprint density at radius 2 is 1.97 bits per heavy atom. The van der Waals surface area contributed by atoms with E-state index >= 15 is 0 Å². The lowest BCUT2D eigenvalue weighted by Gasteiger charge is -2.23. The van der Waals surface area contributed by atoms with Crippen molar-refractivity contribution < 1.29 is 19.1 Å². The Bertz CT molecular complexity index is 1300. The maximum atomic E-state index is 12.3. The van der Waals surface area contributed by atoms with E-state index in [1.807, 2.05) is 0 Å². The van der Waals surface area contributed by atoms with E-state index < -0.39 is 6.03 Å². The number of benzene rings is 2. The molecular formula is C22H15Cl2N5O4.